The van der Waals surface area contributed by atoms with Crippen molar-refractivity contribution in [3.8, 4) is 0 Å². The van der Waals surface area contributed by atoms with E-state index in [4.69, 9.17) is 5.11 Å². The van der Waals surface area contributed by atoms with Crippen LogP contribution in [-0.4, -0.2) is 22.5 Å². The Morgan fingerprint density at radius 3 is 2.50 bits per heavy atom. The molecule has 0 aromatic carbocycles. The van der Waals surface area contributed by atoms with Crippen LogP contribution in [0.4, 0.5) is 0 Å². The maximum Gasteiger partial charge on any atom is 0.305 e. The normalized spacial score (nSPS) is 21.9. The van der Waals surface area contributed by atoms with Gasteiger partial charge in [-0.1, -0.05) is 30.9 Å². The molecule has 0 radical (unpaired) electrons. The minimum atomic E-state index is -0.816. The quantitative estimate of drug-likeness (QED) is 0.760. The average molecular weight is 279 g/mol. The van der Waals surface area contributed by atoms with Gasteiger partial charge in [0.2, 0.25) is 5.91 Å². The van der Waals surface area contributed by atoms with Gasteiger partial charge in [-0.3, -0.25) is 9.59 Å². The van der Waals surface area contributed by atoms with Crippen molar-refractivity contribution in [3.05, 3.63) is 11.6 Å². The molecule has 0 saturated heterocycles. The smallest absolute Gasteiger partial charge is 0.305 e. The molecule has 2 aliphatic carbocycles. The fourth-order valence-corrected chi connectivity index (χ4v) is 3.48. The molecule has 0 spiro atoms. The molecule has 0 atom stereocenters. The van der Waals surface area contributed by atoms with E-state index in [1.54, 1.807) is 0 Å². The number of carbonyl (C=O) groups excluding carboxylic acids is 1. The fraction of sp³-hybridized carbons (Fsp3) is 0.750. The Kier molecular flexibility index (Phi) is 5.21. The van der Waals surface area contributed by atoms with Gasteiger partial charge in [0.15, 0.2) is 0 Å². The Morgan fingerprint density at radius 2 is 1.90 bits per heavy atom. The number of hydrogen-bond acceptors (Lipinski definition) is 2. The van der Waals surface area contributed by atoms with Crippen molar-refractivity contribution in [3.63, 3.8) is 0 Å². The van der Waals surface area contributed by atoms with Crippen LogP contribution in [0.1, 0.15) is 70.6 Å². The van der Waals surface area contributed by atoms with Gasteiger partial charge in [0, 0.05) is 6.42 Å². The van der Waals surface area contributed by atoms with E-state index in [-0.39, 0.29) is 12.3 Å². The third-order valence-corrected chi connectivity index (χ3v) is 4.48. The van der Waals surface area contributed by atoms with E-state index in [0.717, 1.165) is 44.9 Å². The van der Waals surface area contributed by atoms with Crippen LogP contribution in [-0.2, 0) is 9.59 Å². The molecule has 4 nitrogen and oxygen atoms in total. The largest absolute Gasteiger partial charge is 0.481 e. The molecule has 2 aliphatic rings. The zero-order valence-corrected chi connectivity index (χ0v) is 12.1. The fourth-order valence-electron chi connectivity index (χ4n) is 3.48. The van der Waals surface area contributed by atoms with Crippen LogP contribution in [0, 0.1) is 0 Å². The number of carboxylic acids is 1. The second-order valence-electron chi connectivity index (χ2n) is 6.24. The highest BCUT2D eigenvalue weighted by atomic mass is 16.4. The standard InChI is InChI=1S/C16H25NO3/c18-14(11-13-7-3-1-4-8-13)17-16(12-15(19)20)9-5-2-6-10-16/h7H,1-6,8-12H2,(H,17,18)(H,19,20). The first kappa shape index (κ1) is 15.1. The number of rotatable bonds is 5. The first-order valence-corrected chi connectivity index (χ1v) is 7.80. The van der Waals surface area contributed by atoms with E-state index >= 15 is 0 Å². The lowest BCUT2D eigenvalue weighted by Crippen LogP contribution is -2.51. The lowest BCUT2D eigenvalue weighted by molar-refractivity contribution is -0.139. The van der Waals surface area contributed by atoms with E-state index in [1.165, 1.54) is 18.4 Å². The minimum Gasteiger partial charge on any atom is -0.481 e. The van der Waals surface area contributed by atoms with Gasteiger partial charge in [-0.05, 0) is 38.5 Å². The third-order valence-electron chi connectivity index (χ3n) is 4.48. The van der Waals surface area contributed by atoms with E-state index in [2.05, 4.69) is 11.4 Å². The predicted octanol–water partition coefficient (Wildman–Crippen LogP) is 3.17. The van der Waals surface area contributed by atoms with Crippen molar-refractivity contribution in [2.24, 2.45) is 0 Å². The Morgan fingerprint density at radius 1 is 1.15 bits per heavy atom. The number of hydrogen-bond donors (Lipinski definition) is 2. The van der Waals surface area contributed by atoms with Crippen LogP contribution in [0.2, 0.25) is 0 Å². The van der Waals surface area contributed by atoms with E-state index in [0.29, 0.717) is 6.42 Å². The first-order valence-electron chi connectivity index (χ1n) is 7.80. The summed E-state index contributed by atoms with van der Waals surface area (Å²) in [4.78, 5) is 23.3. The lowest BCUT2D eigenvalue weighted by atomic mass is 9.79. The maximum atomic E-state index is 12.2. The van der Waals surface area contributed by atoms with Crippen molar-refractivity contribution < 1.29 is 14.7 Å². The number of carboxylic acid groups (broad SMARTS) is 1. The summed E-state index contributed by atoms with van der Waals surface area (Å²) in [6.07, 6.45) is 11.9. The Hall–Kier alpha value is -1.32. The first-order chi connectivity index (χ1) is 9.60. The van der Waals surface area contributed by atoms with E-state index in [9.17, 15) is 9.59 Å². The summed E-state index contributed by atoms with van der Waals surface area (Å²) in [5, 5.41) is 12.2. The van der Waals surface area contributed by atoms with Crippen LogP contribution >= 0.6 is 0 Å². The number of amides is 1. The van der Waals surface area contributed by atoms with Gasteiger partial charge >= 0.3 is 5.97 Å². The second-order valence-corrected chi connectivity index (χ2v) is 6.24. The van der Waals surface area contributed by atoms with E-state index in [1.807, 2.05) is 0 Å². The average Bonchev–Trinajstić information content (AvgIpc) is 2.39. The molecule has 0 aromatic heterocycles. The summed E-state index contributed by atoms with van der Waals surface area (Å²) in [5.74, 6) is -0.814. The molecule has 4 heteroatoms. The van der Waals surface area contributed by atoms with Crippen molar-refractivity contribution in [1.29, 1.82) is 0 Å². The highest BCUT2D eigenvalue weighted by Crippen LogP contribution is 2.31. The molecule has 1 saturated carbocycles. The summed E-state index contributed by atoms with van der Waals surface area (Å²) in [6, 6.07) is 0. The van der Waals surface area contributed by atoms with Gasteiger partial charge in [-0.25, -0.2) is 0 Å². The molecule has 1 amide bonds. The molecule has 0 heterocycles. The van der Waals surface area contributed by atoms with Gasteiger partial charge in [-0.15, -0.1) is 0 Å². The lowest BCUT2D eigenvalue weighted by Gasteiger charge is -2.37. The Labute approximate surface area is 120 Å². The van der Waals surface area contributed by atoms with Gasteiger partial charge in [-0.2, -0.15) is 0 Å². The van der Waals surface area contributed by atoms with Crippen LogP contribution in [0.15, 0.2) is 11.6 Å². The molecular weight excluding hydrogens is 254 g/mol. The van der Waals surface area contributed by atoms with Crippen molar-refractivity contribution >= 4 is 11.9 Å². The zero-order chi connectivity index (χ0) is 14.4. The summed E-state index contributed by atoms with van der Waals surface area (Å²) >= 11 is 0. The molecule has 2 rings (SSSR count). The molecule has 0 bridgehead atoms. The van der Waals surface area contributed by atoms with Gasteiger partial charge in [0.1, 0.15) is 0 Å². The predicted molar refractivity (Wildman–Crippen MR) is 77.4 cm³/mol. The molecule has 0 unspecified atom stereocenters. The number of nitrogens with one attached hydrogen (secondary N) is 1. The molecule has 1 fully saturated rings. The number of carbonyl (C=O) groups is 2. The minimum absolute atomic E-state index is 0.00120. The van der Waals surface area contributed by atoms with Crippen molar-refractivity contribution in [1.82, 2.24) is 5.32 Å². The zero-order valence-electron chi connectivity index (χ0n) is 12.1. The molecule has 2 N–H and O–H groups in total. The Balaban J connectivity index is 1.94. The van der Waals surface area contributed by atoms with Gasteiger partial charge in [0.05, 0.1) is 12.0 Å². The van der Waals surface area contributed by atoms with E-state index < -0.39 is 11.5 Å². The number of aliphatic carboxylic acids is 1. The maximum absolute atomic E-state index is 12.2. The molecule has 20 heavy (non-hydrogen) atoms. The topological polar surface area (TPSA) is 66.4 Å². The monoisotopic (exact) mass is 279 g/mol. The second kappa shape index (κ2) is 6.91. The van der Waals surface area contributed by atoms with Crippen LogP contribution in [0.5, 0.6) is 0 Å². The molecule has 0 aliphatic heterocycles. The summed E-state index contributed by atoms with van der Waals surface area (Å²) in [7, 11) is 0. The van der Waals surface area contributed by atoms with Crippen molar-refractivity contribution in [2.75, 3.05) is 0 Å². The van der Waals surface area contributed by atoms with Crippen molar-refractivity contribution in [2.45, 2.75) is 76.2 Å². The summed E-state index contributed by atoms with van der Waals surface area (Å²) in [6.45, 7) is 0. The van der Waals surface area contributed by atoms with Gasteiger partial charge < -0.3 is 10.4 Å². The Bertz CT molecular complexity index is 395. The summed E-state index contributed by atoms with van der Waals surface area (Å²) in [5.41, 5.74) is 0.714. The highest BCUT2D eigenvalue weighted by molar-refractivity contribution is 5.80. The highest BCUT2D eigenvalue weighted by Gasteiger charge is 2.35. The molecular formula is C16H25NO3. The van der Waals surface area contributed by atoms with Crippen LogP contribution in [0.25, 0.3) is 0 Å². The van der Waals surface area contributed by atoms with Gasteiger partial charge in [0.25, 0.3) is 0 Å². The molecule has 0 aromatic rings. The van der Waals surface area contributed by atoms with Crippen LogP contribution < -0.4 is 5.32 Å². The summed E-state index contributed by atoms with van der Waals surface area (Å²) < 4.78 is 0. The molecule has 112 valence electrons. The van der Waals surface area contributed by atoms with Crippen LogP contribution in [0.3, 0.4) is 0 Å². The SMILES string of the molecule is O=C(O)CC1(NC(=O)CC2=CCCCC2)CCCCC1. The third kappa shape index (κ3) is 4.36. The number of allylic oxidation sites excluding steroid dienone is 1.